The number of nitrogens with one attached hydrogen (secondary N) is 4. The number of nitrogens with two attached hydrogens (primary N) is 2. The number of hydrogen-bond donors (Lipinski definition) is 7. The van der Waals surface area contributed by atoms with Crippen molar-refractivity contribution in [2.45, 2.75) is 19.6 Å². The van der Waals surface area contributed by atoms with Gasteiger partial charge in [0.15, 0.2) is 0 Å². The van der Waals surface area contributed by atoms with E-state index in [1.54, 1.807) is 58.8 Å². The van der Waals surface area contributed by atoms with Gasteiger partial charge in [-0.3, -0.25) is 29.8 Å². The zero-order valence-corrected chi connectivity index (χ0v) is 46.6. The number of nitro groups is 2. The predicted molar refractivity (Wildman–Crippen MR) is 328 cm³/mol. The standard InChI is InChI=1S/C21H19ClN2O3.C14H14N2O3.C14H16N2O.C7H5NO3.C7H9NO/c1-27-18-8-6-16(7-9-18)23-13-14-3-2-4-17(11-14)24-21(26)19-12-15(22)5-10-20(19)25;1-19-14-7-5-12(6-8-14)15-10-11-3-2-4-13(9-11)16(17)18;1-17-14-7-5-13(6-8-14)16-10-11-3-2-4-12(15)9-11;9-5-6-2-1-3-7(4-6)8(10)11;1-9-7-4-2-6(8)3-5-7/h2-12,23,25H,13H2,1H3,(H,24,26);2-9,15H,10H2,1H3;2-9,16H,10,15H2,1H3;1-5H;2-5H,8H2,1H3. The van der Waals surface area contributed by atoms with Crippen molar-refractivity contribution in [1.82, 2.24) is 0 Å². The van der Waals surface area contributed by atoms with Crippen LogP contribution >= 0.6 is 11.6 Å². The molecule has 0 aliphatic rings. The smallest absolute Gasteiger partial charge is 0.270 e. The summed E-state index contributed by atoms with van der Waals surface area (Å²) in [7, 11) is 6.54. The molecule has 0 saturated heterocycles. The number of methoxy groups -OCH3 is 4. The lowest BCUT2D eigenvalue weighted by Crippen LogP contribution is -2.12. The molecule has 0 radical (unpaired) electrons. The number of nitrogen functional groups attached to an aromatic ring is 2. The normalized spacial score (nSPS) is 9.84. The third-order valence-electron chi connectivity index (χ3n) is 11.6. The van der Waals surface area contributed by atoms with E-state index in [1.807, 2.05) is 133 Å². The van der Waals surface area contributed by atoms with Crippen molar-refractivity contribution in [1.29, 1.82) is 0 Å². The van der Waals surface area contributed by atoms with Crippen LogP contribution in [0.2, 0.25) is 5.02 Å². The Labute approximate surface area is 485 Å². The number of anilines is 6. The summed E-state index contributed by atoms with van der Waals surface area (Å²) in [6.07, 6.45) is 0.576. The monoisotopic (exact) mass is 1140 g/mol. The first kappa shape index (κ1) is 63.0. The molecule has 9 N–H and O–H groups in total. The average molecular weight is 1140 g/mol. The van der Waals surface area contributed by atoms with Gasteiger partial charge in [0.05, 0.1) is 43.8 Å². The zero-order chi connectivity index (χ0) is 59.9. The van der Waals surface area contributed by atoms with Crippen molar-refractivity contribution in [2.24, 2.45) is 0 Å². The van der Waals surface area contributed by atoms with Crippen LogP contribution in [0.3, 0.4) is 0 Å². The van der Waals surface area contributed by atoms with Crippen molar-refractivity contribution in [2.75, 3.05) is 61.2 Å². The van der Waals surface area contributed by atoms with Crippen molar-refractivity contribution in [3.63, 3.8) is 0 Å². The summed E-state index contributed by atoms with van der Waals surface area (Å²) in [5, 5.41) is 43.7. The van der Waals surface area contributed by atoms with Crippen LogP contribution in [0.25, 0.3) is 0 Å². The number of nitro benzene ring substituents is 2. The van der Waals surface area contributed by atoms with E-state index in [0.717, 1.165) is 69.1 Å². The van der Waals surface area contributed by atoms with E-state index < -0.39 is 15.8 Å². The van der Waals surface area contributed by atoms with Crippen LogP contribution in [0.5, 0.6) is 28.7 Å². The van der Waals surface area contributed by atoms with E-state index in [4.69, 9.17) is 42.0 Å². The van der Waals surface area contributed by atoms with Gasteiger partial charge < -0.3 is 56.8 Å². The molecule has 9 aromatic carbocycles. The number of phenolic OH excluding ortho intramolecular Hbond substituents is 1. The second-order valence-corrected chi connectivity index (χ2v) is 17.9. The Morgan fingerprint density at radius 1 is 0.494 bits per heavy atom. The molecule has 20 heteroatoms. The number of rotatable bonds is 18. The van der Waals surface area contributed by atoms with Gasteiger partial charge in [-0.2, -0.15) is 0 Å². The zero-order valence-electron chi connectivity index (χ0n) is 45.9. The highest BCUT2D eigenvalue weighted by molar-refractivity contribution is 6.31. The average Bonchev–Trinajstić information content (AvgIpc) is 3.54. The Hall–Kier alpha value is -10.8. The van der Waals surface area contributed by atoms with Crippen LogP contribution in [-0.4, -0.2) is 55.6 Å². The van der Waals surface area contributed by atoms with Gasteiger partial charge in [0, 0.05) is 88.6 Å². The van der Waals surface area contributed by atoms with E-state index >= 15 is 0 Å². The number of carbonyl (C=O) groups is 2. The number of ether oxygens (including phenoxy) is 4. The summed E-state index contributed by atoms with van der Waals surface area (Å²) in [5.74, 6) is 2.75. The number of hydrogen-bond acceptors (Lipinski definition) is 16. The number of amides is 1. The van der Waals surface area contributed by atoms with Crippen molar-refractivity contribution >= 4 is 69.3 Å². The molecule has 0 bridgehead atoms. The lowest BCUT2D eigenvalue weighted by molar-refractivity contribution is -0.385. The summed E-state index contributed by atoms with van der Waals surface area (Å²) in [6, 6.07) is 62.1. The highest BCUT2D eigenvalue weighted by atomic mass is 35.5. The number of phenols is 1. The van der Waals surface area contributed by atoms with Crippen LogP contribution in [0, 0.1) is 20.2 Å². The highest BCUT2D eigenvalue weighted by Crippen LogP contribution is 2.25. The Morgan fingerprint density at radius 2 is 0.904 bits per heavy atom. The van der Waals surface area contributed by atoms with Crippen LogP contribution in [0.15, 0.2) is 212 Å². The van der Waals surface area contributed by atoms with E-state index in [-0.39, 0.29) is 22.7 Å². The number of non-ortho nitro benzene ring substituents is 2. The van der Waals surface area contributed by atoms with Gasteiger partial charge in [0.1, 0.15) is 35.0 Å². The summed E-state index contributed by atoms with van der Waals surface area (Å²) >= 11 is 5.90. The molecule has 0 spiro atoms. The maximum absolute atomic E-state index is 12.4. The molecule has 9 rings (SSSR count). The molecule has 19 nitrogen and oxygen atoms in total. The van der Waals surface area contributed by atoms with Crippen LogP contribution in [-0.2, 0) is 19.6 Å². The maximum atomic E-state index is 12.4. The third kappa shape index (κ3) is 22.5. The van der Waals surface area contributed by atoms with Gasteiger partial charge in [-0.25, -0.2) is 0 Å². The van der Waals surface area contributed by atoms with Crippen LogP contribution in [0.4, 0.5) is 45.5 Å². The fourth-order valence-electron chi connectivity index (χ4n) is 7.19. The van der Waals surface area contributed by atoms with Gasteiger partial charge >= 0.3 is 0 Å². The number of carbonyl (C=O) groups excluding carboxylic acids is 2. The van der Waals surface area contributed by atoms with Crippen molar-refractivity contribution in [3.8, 4) is 28.7 Å². The van der Waals surface area contributed by atoms with Gasteiger partial charge in [-0.15, -0.1) is 0 Å². The second kappa shape index (κ2) is 33.6. The Kier molecular flexibility index (Phi) is 25.5. The van der Waals surface area contributed by atoms with E-state index in [2.05, 4.69) is 21.3 Å². The lowest BCUT2D eigenvalue weighted by Gasteiger charge is -2.10. The summed E-state index contributed by atoms with van der Waals surface area (Å²) in [5.41, 5.74) is 19.8. The topological polar surface area (TPSA) is 278 Å². The molecular weight excluding hydrogens is 1080 g/mol. The Morgan fingerprint density at radius 3 is 1.35 bits per heavy atom. The SMILES string of the molecule is COc1ccc(N)cc1.COc1ccc(NCc2cccc(N)c2)cc1.COc1ccc(NCc2cccc(NC(=O)c3cc(Cl)ccc3O)c2)cc1.COc1ccc(NCc2cccc([N+](=O)[O-])c2)cc1.O=Cc1cccc([N+](=O)[O-])c1. The molecule has 0 aliphatic carbocycles. The number of benzene rings is 9. The number of aldehydes is 1. The molecule has 0 aromatic heterocycles. The largest absolute Gasteiger partial charge is 0.507 e. The fourth-order valence-corrected chi connectivity index (χ4v) is 7.36. The molecule has 0 atom stereocenters. The molecule has 9 aromatic rings. The van der Waals surface area contributed by atoms with Gasteiger partial charge in [-0.1, -0.05) is 60.1 Å². The number of aromatic hydroxyl groups is 1. The summed E-state index contributed by atoms with van der Waals surface area (Å²) in [4.78, 5) is 42.4. The van der Waals surface area contributed by atoms with E-state index in [9.17, 15) is 34.9 Å². The Bertz CT molecular complexity index is 3480. The molecule has 1 amide bonds. The van der Waals surface area contributed by atoms with Crippen LogP contribution in [0.1, 0.15) is 37.4 Å². The predicted octanol–water partition coefficient (Wildman–Crippen LogP) is 13.7. The summed E-state index contributed by atoms with van der Waals surface area (Å²) < 4.78 is 20.2. The van der Waals surface area contributed by atoms with Crippen LogP contribution < -0.4 is 51.7 Å². The number of halogens is 1. The lowest BCUT2D eigenvalue weighted by atomic mass is 10.1. The second-order valence-electron chi connectivity index (χ2n) is 17.5. The van der Waals surface area contributed by atoms with Crippen molar-refractivity contribution in [3.05, 3.63) is 265 Å². The fraction of sp³-hybridized carbons (Fsp3) is 0.111. The first-order valence-electron chi connectivity index (χ1n) is 25.3. The van der Waals surface area contributed by atoms with E-state index in [0.29, 0.717) is 35.6 Å². The van der Waals surface area contributed by atoms with Crippen molar-refractivity contribution < 1.29 is 43.5 Å². The molecule has 0 unspecified atom stereocenters. The third-order valence-corrected chi connectivity index (χ3v) is 11.8. The number of nitrogens with zero attached hydrogens (tertiary/aromatic N) is 2. The Balaban J connectivity index is 0.000000200. The minimum absolute atomic E-state index is 0.0606. The molecule has 0 saturated carbocycles. The molecule has 0 heterocycles. The highest BCUT2D eigenvalue weighted by Gasteiger charge is 2.13. The molecule has 83 heavy (non-hydrogen) atoms. The molecule has 0 fully saturated rings. The summed E-state index contributed by atoms with van der Waals surface area (Å²) in [6.45, 7) is 1.89. The van der Waals surface area contributed by atoms with Gasteiger partial charge in [-0.05, 0) is 156 Å². The first-order valence-corrected chi connectivity index (χ1v) is 25.7. The minimum atomic E-state index is -0.535. The first-order chi connectivity index (χ1) is 40.1. The maximum Gasteiger partial charge on any atom is 0.270 e. The quantitative estimate of drug-likeness (QED) is 0.0182. The molecular formula is C63H63ClN8O11. The molecule has 428 valence electrons. The minimum Gasteiger partial charge on any atom is -0.507 e. The van der Waals surface area contributed by atoms with E-state index in [1.165, 1.54) is 54.1 Å². The van der Waals surface area contributed by atoms with Gasteiger partial charge in [0.25, 0.3) is 17.3 Å². The molecule has 0 aliphatic heterocycles. The van der Waals surface area contributed by atoms with Gasteiger partial charge in [0.2, 0.25) is 0 Å².